The summed E-state index contributed by atoms with van der Waals surface area (Å²) in [5.74, 6) is 1.06. The van der Waals surface area contributed by atoms with E-state index in [1.54, 1.807) is 23.2 Å². The molecule has 3 aromatic heterocycles. The van der Waals surface area contributed by atoms with Crippen LogP contribution in [0.2, 0.25) is 0 Å². The maximum absolute atomic E-state index is 12.2. The maximum Gasteiger partial charge on any atom is 0.275 e. The Morgan fingerprint density at radius 1 is 1.04 bits per heavy atom. The summed E-state index contributed by atoms with van der Waals surface area (Å²) < 4.78 is 0. The molecule has 0 fully saturated rings. The van der Waals surface area contributed by atoms with Gasteiger partial charge in [-0.3, -0.25) is 4.79 Å². The number of fused-ring (bicyclic) bond motifs is 1. The molecule has 0 spiro atoms. The molecular formula is C17H15N7O. The lowest BCUT2D eigenvalue weighted by atomic mass is 10.2. The van der Waals surface area contributed by atoms with E-state index in [1.165, 1.54) is 0 Å². The van der Waals surface area contributed by atoms with Gasteiger partial charge in [0.25, 0.3) is 5.56 Å². The molecule has 0 aliphatic rings. The van der Waals surface area contributed by atoms with Gasteiger partial charge in [0.1, 0.15) is 11.5 Å². The molecule has 124 valence electrons. The van der Waals surface area contributed by atoms with Crippen LogP contribution < -0.4 is 10.5 Å². The number of anilines is 1. The number of hydrogen-bond acceptors (Lipinski definition) is 6. The Labute approximate surface area is 142 Å². The van der Waals surface area contributed by atoms with Crippen molar-refractivity contribution in [3.8, 4) is 22.8 Å². The van der Waals surface area contributed by atoms with Crippen LogP contribution in [0.3, 0.4) is 0 Å². The SMILES string of the molecule is CN(C)c1nccc(-c2cc(-c3nc4ccccc4[nH]3)c(=O)[nH]n2)n1. The highest BCUT2D eigenvalue weighted by molar-refractivity contribution is 5.79. The minimum atomic E-state index is -0.315. The lowest BCUT2D eigenvalue weighted by molar-refractivity contribution is 0.967. The Bertz CT molecular complexity index is 1080. The average Bonchev–Trinajstić information content (AvgIpc) is 3.06. The van der Waals surface area contributed by atoms with Gasteiger partial charge in [-0.1, -0.05) is 12.1 Å². The van der Waals surface area contributed by atoms with E-state index in [4.69, 9.17) is 0 Å². The van der Waals surface area contributed by atoms with Crippen LogP contribution in [0.5, 0.6) is 0 Å². The van der Waals surface area contributed by atoms with Gasteiger partial charge in [-0.15, -0.1) is 0 Å². The predicted octanol–water partition coefficient (Wildman–Crippen LogP) is 1.84. The maximum atomic E-state index is 12.2. The molecule has 0 bridgehead atoms. The first-order valence-electron chi connectivity index (χ1n) is 7.67. The summed E-state index contributed by atoms with van der Waals surface area (Å²) in [6.07, 6.45) is 1.66. The number of aromatic amines is 2. The summed E-state index contributed by atoms with van der Waals surface area (Å²) in [5, 5.41) is 6.62. The van der Waals surface area contributed by atoms with Crippen LogP contribution >= 0.6 is 0 Å². The summed E-state index contributed by atoms with van der Waals surface area (Å²) >= 11 is 0. The summed E-state index contributed by atoms with van der Waals surface area (Å²) in [6, 6.07) is 11.0. The third-order valence-corrected chi connectivity index (χ3v) is 3.75. The van der Waals surface area contributed by atoms with Gasteiger partial charge in [0, 0.05) is 20.3 Å². The lowest BCUT2D eigenvalue weighted by Crippen LogP contribution is -2.14. The molecule has 3 heterocycles. The van der Waals surface area contributed by atoms with E-state index in [9.17, 15) is 4.79 Å². The largest absolute Gasteiger partial charge is 0.347 e. The van der Waals surface area contributed by atoms with Crippen molar-refractivity contribution in [1.29, 1.82) is 0 Å². The minimum absolute atomic E-state index is 0.315. The first kappa shape index (κ1) is 15.0. The van der Waals surface area contributed by atoms with Crippen LogP contribution in [-0.2, 0) is 0 Å². The number of nitrogens with zero attached hydrogens (tertiary/aromatic N) is 5. The van der Waals surface area contributed by atoms with E-state index >= 15 is 0 Å². The monoisotopic (exact) mass is 333 g/mol. The highest BCUT2D eigenvalue weighted by atomic mass is 16.1. The van der Waals surface area contributed by atoms with E-state index in [2.05, 4.69) is 30.1 Å². The molecule has 25 heavy (non-hydrogen) atoms. The van der Waals surface area contributed by atoms with Crippen LogP contribution in [0.4, 0.5) is 5.95 Å². The molecule has 4 rings (SSSR count). The summed E-state index contributed by atoms with van der Waals surface area (Å²) in [5.41, 5.74) is 2.92. The zero-order chi connectivity index (χ0) is 17.4. The number of hydrogen-bond donors (Lipinski definition) is 2. The Kier molecular flexibility index (Phi) is 3.50. The molecule has 0 atom stereocenters. The second kappa shape index (κ2) is 5.82. The third-order valence-electron chi connectivity index (χ3n) is 3.75. The van der Waals surface area contributed by atoms with Crippen molar-refractivity contribution in [2.24, 2.45) is 0 Å². The number of imidazole rings is 1. The molecule has 0 aliphatic heterocycles. The molecule has 0 amide bonds. The van der Waals surface area contributed by atoms with Crippen molar-refractivity contribution in [2.45, 2.75) is 0 Å². The summed E-state index contributed by atoms with van der Waals surface area (Å²) in [6.45, 7) is 0. The first-order valence-corrected chi connectivity index (χ1v) is 7.67. The molecule has 8 heteroatoms. The Morgan fingerprint density at radius 3 is 2.68 bits per heavy atom. The second-order valence-corrected chi connectivity index (χ2v) is 5.73. The fourth-order valence-corrected chi connectivity index (χ4v) is 2.50. The number of nitrogens with one attached hydrogen (secondary N) is 2. The van der Waals surface area contributed by atoms with E-state index in [-0.39, 0.29) is 5.56 Å². The fraction of sp³-hybridized carbons (Fsp3) is 0.118. The topological polar surface area (TPSA) is 103 Å². The molecule has 4 aromatic rings. The predicted molar refractivity (Wildman–Crippen MR) is 95.3 cm³/mol. The summed E-state index contributed by atoms with van der Waals surface area (Å²) in [4.78, 5) is 30.3. The molecule has 0 saturated carbocycles. The van der Waals surface area contributed by atoms with E-state index in [0.717, 1.165) is 11.0 Å². The summed E-state index contributed by atoms with van der Waals surface area (Å²) in [7, 11) is 3.72. The quantitative estimate of drug-likeness (QED) is 0.593. The normalized spacial score (nSPS) is 11.0. The van der Waals surface area contributed by atoms with Crippen LogP contribution in [-0.4, -0.2) is 44.2 Å². The number of rotatable bonds is 3. The zero-order valence-corrected chi connectivity index (χ0v) is 13.7. The van der Waals surface area contributed by atoms with Gasteiger partial charge in [0.05, 0.1) is 22.3 Å². The highest BCUT2D eigenvalue weighted by Gasteiger charge is 2.13. The molecule has 8 nitrogen and oxygen atoms in total. The van der Waals surface area contributed by atoms with Crippen molar-refractivity contribution in [2.75, 3.05) is 19.0 Å². The smallest absolute Gasteiger partial charge is 0.275 e. The first-order chi connectivity index (χ1) is 12.1. The molecule has 0 aliphatic carbocycles. The molecule has 0 radical (unpaired) electrons. The van der Waals surface area contributed by atoms with E-state index in [1.807, 2.05) is 38.4 Å². The number of aromatic nitrogens is 6. The molecule has 1 aromatic carbocycles. The lowest BCUT2D eigenvalue weighted by Gasteiger charge is -2.10. The third kappa shape index (κ3) is 2.74. The van der Waals surface area contributed by atoms with E-state index in [0.29, 0.717) is 28.7 Å². The van der Waals surface area contributed by atoms with Crippen molar-refractivity contribution >= 4 is 17.0 Å². The van der Waals surface area contributed by atoms with Gasteiger partial charge >= 0.3 is 0 Å². The second-order valence-electron chi connectivity index (χ2n) is 5.73. The van der Waals surface area contributed by atoms with Gasteiger partial charge in [0.15, 0.2) is 0 Å². The standard InChI is InChI=1S/C17H15N7O/c1-24(2)17-18-8-7-13(21-17)14-9-10(16(25)23-22-14)15-19-11-5-3-4-6-12(11)20-15/h3-9H,1-2H3,(H,19,20)(H,23,25). The van der Waals surface area contributed by atoms with Gasteiger partial charge in [0.2, 0.25) is 5.95 Å². The van der Waals surface area contributed by atoms with Crippen molar-refractivity contribution in [3.63, 3.8) is 0 Å². The van der Waals surface area contributed by atoms with Gasteiger partial charge in [-0.05, 0) is 24.3 Å². The Morgan fingerprint density at radius 2 is 1.88 bits per heavy atom. The number of H-pyrrole nitrogens is 2. The average molecular weight is 333 g/mol. The zero-order valence-electron chi connectivity index (χ0n) is 13.7. The van der Waals surface area contributed by atoms with E-state index < -0.39 is 0 Å². The van der Waals surface area contributed by atoms with Gasteiger partial charge in [-0.2, -0.15) is 5.10 Å². The highest BCUT2D eigenvalue weighted by Crippen LogP contribution is 2.21. The molecule has 0 saturated heterocycles. The van der Waals surface area contributed by atoms with Crippen molar-refractivity contribution in [3.05, 3.63) is 52.9 Å². The van der Waals surface area contributed by atoms with Gasteiger partial charge in [-0.25, -0.2) is 20.1 Å². The van der Waals surface area contributed by atoms with Crippen LogP contribution in [0.25, 0.3) is 33.8 Å². The van der Waals surface area contributed by atoms with Gasteiger partial charge < -0.3 is 9.88 Å². The molecule has 2 N–H and O–H groups in total. The molecule has 0 unspecified atom stereocenters. The van der Waals surface area contributed by atoms with Crippen molar-refractivity contribution < 1.29 is 0 Å². The van der Waals surface area contributed by atoms with Crippen LogP contribution in [0.1, 0.15) is 0 Å². The number of para-hydroxylation sites is 2. The molecular weight excluding hydrogens is 318 g/mol. The van der Waals surface area contributed by atoms with Crippen molar-refractivity contribution in [1.82, 2.24) is 30.1 Å². The number of benzene rings is 1. The van der Waals surface area contributed by atoms with Crippen LogP contribution in [0.15, 0.2) is 47.4 Å². The minimum Gasteiger partial charge on any atom is -0.347 e. The fourth-order valence-electron chi connectivity index (χ4n) is 2.50. The Hall–Kier alpha value is -3.55. The Balaban J connectivity index is 1.84. The van der Waals surface area contributed by atoms with Crippen LogP contribution in [0, 0.1) is 0 Å².